The molecule has 0 unspecified atom stereocenters. The van der Waals surface area contributed by atoms with Crippen molar-refractivity contribution in [1.29, 1.82) is 0 Å². The van der Waals surface area contributed by atoms with E-state index < -0.39 is 0 Å². The zero-order valence-corrected chi connectivity index (χ0v) is 13.3. The topological polar surface area (TPSA) is 9.23 Å². The summed E-state index contributed by atoms with van der Waals surface area (Å²) in [5, 5.41) is 2.24. The lowest BCUT2D eigenvalue weighted by atomic mass is 10.0. The van der Waals surface area contributed by atoms with E-state index in [2.05, 4.69) is 15.9 Å². The number of benzene rings is 2. The third-order valence-corrected chi connectivity index (χ3v) is 3.53. The van der Waals surface area contributed by atoms with Crippen LogP contribution in [0.15, 0.2) is 48.5 Å². The molecule has 0 radical (unpaired) electrons. The van der Waals surface area contributed by atoms with Crippen LogP contribution >= 0.6 is 39.1 Å². The summed E-state index contributed by atoms with van der Waals surface area (Å²) in [5.74, 6) is 0. The van der Waals surface area contributed by atoms with E-state index >= 15 is 0 Å². The van der Waals surface area contributed by atoms with Gasteiger partial charge in [-0.1, -0.05) is 63.4 Å². The minimum absolute atomic E-state index is 0.105. The second-order valence-corrected chi connectivity index (χ2v) is 5.71. The first-order chi connectivity index (χ1) is 9.20. The van der Waals surface area contributed by atoms with Crippen molar-refractivity contribution in [2.45, 2.75) is 6.10 Å². The highest BCUT2D eigenvalue weighted by atomic mass is 79.9. The number of ether oxygens (including phenoxy) is 1. The molecule has 2 rings (SSSR count). The Kier molecular flexibility index (Phi) is 5.71. The second kappa shape index (κ2) is 7.30. The van der Waals surface area contributed by atoms with E-state index in [1.807, 2.05) is 48.5 Å². The average molecular weight is 360 g/mol. The molecule has 0 spiro atoms. The van der Waals surface area contributed by atoms with E-state index in [1.165, 1.54) is 0 Å². The van der Waals surface area contributed by atoms with E-state index in [1.54, 1.807) is 0 Å². The molecule has 4 heteroatoms. The molecule has 0 atom stereocenters. The SMILES string of the molecule is Clc1ccc(C(OCCBr)c2ccc(Cl)cc2)cc1. The van der Waals surface area contributed by atoms with Gasteiger partial charge < -0.3 is 4.74 Å². The molecule has 0 aliphatic heterocycles. The number of hydrogen-bond donors (Lipinski definition) is 0. The molecule has 0 N–H and O–H groups in total. The lowest BCUT2D eigenvalue weighted by Crippen LogP contribution is -2.08. The molecule has 2 aromatic carbocycles. The van der Waals surface area contributed by atoms with E-state index in [9.17, 15) is 0 Å². The van der Waals surface area contributed by atoms with Crippen LogP contribution in [0.25, 0.3) is 0 Å². The largest absolute Gasteiger partial charge is 0.368 e. The van der Waals surface area contributed by atoms with Crippen molar-refractivity contribution >= 4 is 39.1 Å². The predicted octanol–water partition coefficient (Wildman–Crippen LogP) is 5.49. The van der Waals surface area contributed by atoms with Crippen LogP contribution in [0.4, 0.5) is 0 Å². The van der Waals surface area contributed by atoms with Gasteiger partial charge in [0.05, 0.1) is 6.61 Å². The molecule has 100 valence electrons. The van der Waals surface area contributed by atoms with Gasteiger partial charge in [0.25, 0.3) is 0 Å². The van der Waals surface area contributed by atoms with Gasteiger partial charge in [-0.2, -0.15) is 0 Å². The maximum atomic E-state index is 5.92. The zero-order valence-electron chi connectivity index (χ0n) is 10.2. The minimum Gasteiger partial charge on any atom is -0.368 e. The third-order valence-electron chi connectivity index (χ3n) is 2.71. The van der Waals surface area contributed by atoms with Crippen molar-refractivity contribution in [3.05, 3.63) is 69.7 Å². The van der Waals surface area contributed by atoms with Crippen molar-refractivity contribution in [3.8, 4) is 0 Å². The maximum Gasteiger partial charge on any atom is 0.108 e. The molecule has 0 amide bonds. The maximum absolute atomic E-state index is 5.92. The van der Waals surface area contributed by atoms with Crippen LogP contribution in [-0.4, -0.2) is 11.9 Å². The lowest BCUT2D eigenvalue weighted by Gasteiger charge is -2.18. The van der Waals surface area contributed by atoms with Crippen molar-refractivity contribution in [1.82, 2.24) is 0 Å². The van der Waals surface area contributed by atoms with Gasteiger partial charge in [0.2, 0.25) is 0 Å². The minimum atomic E-state index is -0.105. The Morgan fingerprint density at radius 3 is 1.63 bits per heavy atom. The normalized spacial score (nSPS) is 10.9. The van der Waals surface area contributed by atoms with E-state index in [0.717, 1.165) is 26.5 Å². The Balaban J connectivity index is 2.29. The molecular formula is C15H13BrCl2O. The van der Waals surface area contributed by atoms with Crippen molar-refractivity contribution in [3.63, 3.8) is 0 Å². The van der Waals surface area contributed by atoms with E-state index in [4.69, 9.17) is 27.9 Å². The summed E-state index contributed by atoms with van der Waals surface area (Å²) in [7, 11) is 0. The Hall–Kier alpha value is -0.540. The Bertz CT molecular complexity index is 465. The quantitative estimate of drug-likeness (QED) is 0.641. The number of hydrogen-bond acceptors (Lipinski definition) is 1. The number of alkyl halides is 1. The van der Waals surface area contributed by atoms with Gasteiger partial charge in [-0.15, -0.1) is 0 Å². The van der Waals surface area contributed by atoms with Gasteiger partial charge >= 0.3 is 0 Å². The van der Waals surface area contributed by atoms with Crippen LogP contribution in [0.5, 0.6) is 0 Å². The summed E-state index contributed by atoms with van der Waals surface area (Å²) in [6.45, 7) is 0.635. The Morgan fingerprint density at radius 1 is 0.842 bits per heavy atom. The molecule has 19 heavy (non-hydrogen) atoms. The molecule has 0 saturated heterocycles. The summed E-state index contributed by atoms with van der Waals surface area (Å²) in [4.78, 5) is 0. The van der Waals surface area contributed by atoms with Crippen LogP contribution in [0.1, 0.15) is 17.2 Å². The lowest BCUT2D eigenvalue weighted by molar-refractivity contribution is 0.0940. The molecule has 0 bridgehead atoms. The summed E-state index contributed by atoms with van der Waals surface area (Å²) in [6.07, 6.45) is -0.105. The Labute approximate surface area is 131 Å². The van der Waals surface area contributed by atoms with Crippen LogP contribution in [0, 0.1) is 0 Å². The summed E-state index contributed by atoms with van der Waals surface area (Å²) in [6, 6.07) is 15.4. The fraction of sp³-hybridized carbons (Fsp3) is 0.200. The van der Waals surface area contributed by atoms with Gasteiger partial charge in [0, 0.05) is 15.4 Å². The van der Waals surface area contributed by atoms with Crippen molar-refractivity contribution in [2.75, 3.05) is 11.9 Å². The fourth-order valence-corrected chi connectivity index (χ4v) is 2.26. The molecule has 1 nitrogen and oxygen atoms in total. The van der Waals surface area contributed by atoms with Gasteiger partial charge in [-0.3, -0.25) is 0 Å². The van der Waals surface area contributed by atoms with Crippen molar-refractivity contribution in [2.24, 2.45) is 0 Å². The molecule has 0 aliphatic rings. The monoisotopic (exact) mass is 358 g/mol. The highest BCUT2D eigenvalue weighted by Gasteiger charge is 2.14. The summed E-state index contributed by atoms with van der Waals surface area (Å²) < 4.78 is 5.91. The zero-order chi connectivity index (χ0) is 13.7. The molecule has 0 fully saturated rings. The number of rotatable bonds is 5. The first-order valence-electron chi connectivity index (χ1n) is 5.89. The van der Waals surface area contributed by atoms with Crippen LogP contribution in [0.3, 0.4) is 0 Å². The van der Waals surface area contributed by atoms with Crippen LogP contribution in [-0.2, 0) is 4.74 Å². The summed E-state index contributed by atoms with van der Waals surface area (Å²) >= 11 is 15.2. The van der Waals surface area contributed by atoms with Gasteiger partial charge in [-0.05, 0) is 35.4 Å². The fourth-order valence-electron chi connectivity index (χ4n) is 1.82. The smallest absolute Gasteiger partial charge is 0.108 e. The molecule has 0 saturated carbocycles. The van der Waals surface area contributed by atoms with Gasteiger partial charge in [-0.25, -0.2) is 0 Å². The first kappa shape index (κ1) is 14.9. The van der Waals surface area contributed by atoms with Crippen molar-refractivity contribution < 1.29 is 4.74 Å². The first-order valence-corrected chi connectivity index (χ1v) is 7.77. The number of halogens is 3. The van der Waals surface area contributed by atoms with Gasteiger partial charge in [0.15, 0.2) is 0 Å². The molecule has 2 aromatic rings. The molecule has 0 aliphatic carbocycles. The average Bonchev–Trinajstić information content (AvgIpc) is 2.43. The highest BCUT2D eigenvalue weighted by molar-refractivity contribution is 9.09. The standard InChI is InChI=1S/C15H13BrCl2O/c16-9-10-19-15(11-1-5-13(17)6-2-11)12-3-7-14(18)8-4-12/h1-8,15H,9-10H2. The van der Waals surface area contributed by atoms with Crippen LogP contribution in [0.2, 0.25) is 10.0 Å². The van der Waals surface area contributed by atoms with E-state index in [0.29, 0.717) is 6.61 Å². The Morgan fingerprint density at radius 2 is 1.26 bits per heavy atom. The molecule has 0 aromatic heterocycles. The summed E-state index contributed by atoms with van der Waals surface area (Å²) in [5.41, 5.74) is 2.15. The predicted molar refractivity (Wildman–Crippen MR) is 84.5 cm³/mol. The molecular weight excluding hydrogens is 347 g/mol. The molecule has 0 heterocycles. The second-order valence-electron chi connectivity index (χ2n) is 4.04. The van der Waals surface area contributed by atoms with Crippen LogP contribution < -0.4 is 0 Å². The highest BCUT2D eigenvalue weighted by Crippen LogP contribution is 2.28. The third kappa shape index (κ3) is 4.22. The van der Waals surface area contributed by atoms with E-state index in [-0.39, 0.29) is 6.10 Å². The van der Waals surface area contributed by atoms with Gasteiger partial charge in [0.1, 0.15) is 6.10 Å².